The number of nitrogens with zero attached hydrogens (tertiary/aromatic N) is 1. The third kappa shape index (κ3) is 9.92. The maximum absolute atomic E-state index is 11.5. The van der Waals surface area contributed by atoms with Crippen LogP contribution in [0.5, 0.6) is 11.5 Å². The fourth-order valence-corrected chi connectivity index (χ4v) is 6.60. The first-order chi connectivity index (χ1) is 21.9. The highest BCUT2D eigenvalue weighted by molar-refractivity contribution is 7.88. The molecule has 0 spiro atoms. The van der Waals surface area contributed by atoms with E-state index < -0.39 is 10.0 Å². The second-order valence-electron chi connectivity index (χ2n) is 11.8. The van der Waals surface area contributed by atoms with Crippen molar-refractivity contribution in [2.45, 2.75) is 50.9 Å². The normalized spacial score (nSPS) is 18.4. The molecule has 3 aromatic rings. The highest BCUT2D eigenvalue weighted by Crippen LogP contribution is 2.32. The van der Waals surface area contributed by atoms with E-state index in [2.05, 4.69) is 57.4 Å². The van der Waals surface area contributed by atoms with Crippen molar-refractivity contribution < 1.29 is 27.4 Å². The molecule has 0 saturated carbocycles. The lowest BCUT2D eigenvalue weighted by atomic mass is 9.87. The molecule has 1 saturated heterocycles. The van der Waals surface area contributed by atoms with E-state index in [1.165, 1.54) is 23.1 Å². The lowest BCUT2D eigenvalue weighted by Gasteiger charge is -2.33. The Balaban J connectivity index is 1.09. The smallest absolute Gasteiger partial charge is 0.208 e. The fourth-order valence-electron chi connectivity index (χ4n) is 6.14. The minimum atomic E-state index is -3.20. The number of piperidine rings is 1. The first kappa shape index (κ1) is 33.2. The van der Waals surface area contributed by atoms with Gasteiger partial charge in [0.25, 0.3) is 0 Å². The Morgan fingerprint density at radius 3 is 2.69 bits per heavy atom. The van der Waals surface area contributed by atoms with E-state index in [4.69, 9.17) is 18.9 Å². The van der Waals surface area contributed by atoms with Crippen LogP contribution >= 0.6 is 0 Å². The number of nitrogens with one attached hydrogen (secondary N) is 2. The molecule has 0 bridgehead atoms. The van der Waals surface area contributed by atoms with E-state index in [9.17, 15) is 8.42 Å². The number of hydrogen-bond donors (Lipinski definition) is 2. The number of fused-ring (bicyclic) bond motifs is 1. The molecule has 0 aromatic heterocycles. The zero-order valence-electron chi connectivity index (χ0n) is 26.5. The van der Waals surface area contributed by atoms with Crippen LogP contribution in [0.3, 0.4) is 0 Å². The quantitative estimate of drug-likeness (QED) is 0.219. The van der Waals surface area contributed by atoms with Crippen LogP contribution in [0.2, 0.25) is 0 Å². The van der Waals surface area contributed by atoms with Gasteiger partial charge in [-0.3, -0.25) is 0 Å². The topological polar surface area (TPSA) is 98.4 Å². The van der Waals surface area contributed by atoms with E-state index in [-0.39, 0.29) is 6.10 Å². The second-order valence-corrected chi connectivity index (χ2v) is 13.6. The average Bonchev–Trinajstić information content (AvgIpc) is 3.05. The number of anilines is 1. The molecule has 3 aromatic carbocycles. The van der Waals surface area contributed by atoms with Crippen molar-refractivity contribution in [2.24, 2.45) is 0 Å². The third-order valence-electron chi connectivity index (χ3n) is 8.46. The average molecular weight is 638 g/mol. The van der Waals surface area contributed by atoms with Gasteiger partial charge in [0, 0.05) is 49.8 Å². The molecule has 1 fully saturated rings. The lowest BCUT2D eigenvalue weighted by Crippen LogP contribution is -2.41. The number of methoxy groups -OCH3 is 1. The van der Waals surface area contributed by atoms with Crippen molar-refractivity contribution in [3.05, 3.63) is 89.0 Å². The Morgan fingerprint density at radius 1 is 1.02 bits per heavy atom. The van der Waals surface area contributed by atoms with Crippen LogP contribution in [-0.4, -0.2) is 73.8 Å². The molecule has 2 aliphatic heterocycles. The van der Waals surface area contributed by atoms with Gasteiger partial charge in [0.05, 0.1) is 45.9 Å². The molecule has 2 heterocycles. The summed E-state index contributed by atoms with van der Waals surface area (Å²) in [5.41, 5.74) is 5.95. The number of benzene rings is 3. The number of ether oxygens (including phenoxy) is 4. The molecule has 0 aliphatic carbocycles. The van der Waals surface area contributed by atoms with E-state index >= 15 is 0 Å². The monoisotopic (exact) mass is 637 g/mol. The van der Waals surface area contributed by atoms with Gasteiger partial charge in [-0.25, -0.2) is 13.1 Å². The molecular weight excluding hydrogens is 590 g/mol. The van der Waals surface area contributed by atoms with Gasteiger partial charge in [0.1, 0.15) is 11.5 Å². The van der Waals surface area contributed by atoms with Crippen LogP contribution < -0.4 is 24.4 Å². The van der Waals surface area contributed by atoms with Crippen molar-refractivity contribution in [3.8, 4) is 11.5 Å². The zero-order chi connectivity index (χ0) is 31.5. The maximum atomic E-state index is 11.5. The Bertz CT molecular complexity index is 1470. The summed E-state index contributed by atoms with van der Waals surface area (Å²) < 4.78 is 49.4. The molecular formula is C35H47N3O6S. The third-order valence-corrected chi connectivity index (χ3v) is 9.19. The van der Waals surface area contributed by atoms with Crippen LogP contribution in [0.25, 0.3) is 0 Å². The van der Waals surface area contributed by atoms with Crippen LogP contribution in [0, 0.1) is 0 Å². The van der Waals surface area contributed by atoms with Gasteiger partial charge >= 0.3 is 0 Å². The summed E-state index contributed by atoms with van der Waals surface area (Å²) >= 11 is 0. The molecule has 2 unspecified atom stereocenters. The summed E-state index contributed by atoms with van der Waals surface area (Å²) in [6, 6.07) is 22.9. The molecule has 0 radical (unpaired) electrons. The maximum Gasteiger partial charge on any atom is 0.208 e. The minimum absolute atomic E-state index is 0.0667. The van der Waals surface area contributed by atoms with E-state index in [1.807, 2.05) is 24.3 Å². The Kier molecular flexibility index (Phi) is 12.1. The molecule has 2 N–H and O–H groups in total. The Labute approximate surface area is 268 Å². The Hall–Kier alpha value is -3.15. The van der Waals surface area contributed by atoms with Crippen molar-refractivity contribution in [1.29, 1.82) is 0 Å². The van der Waals surface area contributed by atoms with Gasteiger partial charge in [-0.2, -0.15) is 0 Å². The summed E-state index contributed by atoms with van der Waals surface area (Å²) in [7, 11) is -1.52. The predicted molar refractivity (Wildman–Crippen MR) is 178 cm³/mol. The van der Waals surface area contributed by atoms with Gasteiger partial charge in [-0.1, -0.05) is 42.5 Å². The van der Waals surface area contributed by atoms with Gasteiger partial charge in [-0.15, -0.1) is 0 Å². The van der Waals surface area contributed by atoms with Gasteiger partial charge in [-0.05, 0) is 66.8 Å². The summed E-state index contributed by atoms with van der Waals surface area (Å²) in [5.74, 6) is 2.01. The van der Waals surface area contributed by atoms with Crippen LogP contribution in [0.1, 0.15) is 47.4 Å². The summed E-state index contributed by atoms with van der Waals surface area (Å²) in [6.07, 6.45) is 5.20. The molecule has 5 rings (SSSR count). The highest BCUT2D eigenvalue weighted by atomic mass is 32.2. The summed E-state index contributed by atoms with van der Waals surface area (Å²) in [4.78, 5) is 2.28. The number of sulfonamides is 1. The summed E-state index contributed by atoms with van der Waals surface area (Å²) in [5, 5.41) is 3.50. The Morgan fingerprint density at radius 2 is 1.87 bits per heavy atom. The van der Waals surface area contributed by atoms with Gasteiger partial charge < -0.3 is 29.2 Å². The van der Waals surface area contributed by atoms with Crippen LogP contribution in [0.15, 0.2) is 66.7 Å². The fraction of sp³-hybridized carbons (Fsp3) is 0.486. The molecule has 10 heteroatoms. The first-order valence-electron chi connectivity index (χ1n) is 16.0. The van der Waals surface area contributed by atoms with E-state index in [0.29, 0.717) is 45.4 Å². The molecule has 244 valence electrons. The number of rotatable bonds is 16. The van der Waals surface area contributed by atoms with Crippen LogP contribution in [0.4, 0.5) is 5.69 Å². The number of aryl methyl sites for hydroxylation is 1. The van der Waals surface area contributed by atoms with Gasteiger partial charge in [0.2, 0.25) is 10.0 Å². The predicted octanol–water partition coefficient (Wildman–Crippen LogP) is 4.65. The van der Waals surface area contributed by atoms with Crippen molar-refractivity contribution in [1.82, 2.24) is 10.0 Å². The van der Waals surface area contributed by atoms with Gasteiger partial charge in [0.15, 0.2) is 0 Å². The van der Waals surface area contributed by atoms with Crippen molar-refractivity contribution in [3.63, 3.8) is 0 Å². The highest BCUT2D eigenvalue weighted by Gasteiger charge is 2.27. The lowest BCUT2D eigenvalue weighted by molar-refractivity contribution is 0.0106. The van der Waals surface area contributed by atoms with Crippen molar-refractivity contribution >= 4 is 15.7 Å². The molecule has 2 atom stereocenters. The first-order valence-corrected chi connectivity index (χ1v) is 17.8. The van der Waals surface area contributed by atoms with Crippen LogP contribution in [-0.2, 0) is 39.1 Å². The zero-order valence-corrected chi connectivity index (χ0v) is 27.3. The molecule has 9 nitrogen and oxygen atoms in total. The molecule has 0 amide bonds. The second kappa shape index (κ2) is 16.4. The SMILES string of the molecule is COc1ccccc1COCCCOc1ccc(C2CCNCC2OCc2ccc3c(c2)N(CCNS(C)(=O)=O)CCC3)cc1. The molecule has 45 heavy (non-hydrogen) atoms. The standard InChI is InChI=1S/C35H47N3O6S/c1-41-34-9-4-3-7-30(34)26-42-21-6-22-43-31-14-12-28(13-15-31)32-16-17-36-24-35(32)44-25-27-10-11-29-8-5-19-38(33(29)23-27)20-18-37-45(2,39)40/h3-4,7,9-15,23,32,35-37H,5-6,8,16-22,24-26H2,1-2H3. The minimum Gasteiger partial charge on any atom is -0.496 e. The summed E-state index contributed by atoms with van der Waals surface area (Å²) in [6.45, 7) is 6.02. The largest absolute Gasteiger partial charge is 0.496 e. The number of para-hydroxylation sites is 1. The van der Waals surface area contributed by atoms with Crippen molar-refractivity contribution in [2.75, 3.05) is 64.2 Å². The number of hydrogen-bond acceptors (Lipinski definition) is 8. The molecule has 2 aliphatic rings. The van der Waals surface area contributed by atoms with E-state index in [1.54, 1.807) is 7.11 Å². The van der Waals surface area contributed by atoms with E-state index in [0.717, 1.165) is 67.9 Å².